The number of nitrogens with zero attached hydrogens (tertiary/aromatic N) is 2. The topological polar surface area (TPSA) is 122 Å². The summed E-state index contributed by atoms with van der Waals surface area (Å²) in [7, 11) is 0. The highest BCUT2D eigenvalue weighted by Crippen LogP contribution is 2.11. The maximum absolute atomic E-state index is 11.7. The summed E-state index contributed by atoms with van der Waals surface area (Å²) < 4.78 is 1.34. The molecule has 0 saturated carbocycles. The Morgan fingerprint density at radius 3 is 2.89 bits per heavy atom. The van der Waals surface area contributed by atoms with Gasteiger partial charge in [-0.15, -0.1) is 0 Å². The van der Waals surface area contributed by atoms with Crippen LogP contribution >= 0.6 is 0 Å². The third kappa shape index (κ3) is 2.67. The normalized spacial score (nSPS) is 10.6. The van der Waals surface area contributed by atoms with Crippen molar-refractivity contribution < 1.29 is 0 Å². The molecule has 0 aliphatic rings. The first-order valence-electron chi connectivity index (χ1n) is 5.97. The lowest BCUT2D eigenvalue weighted by atomic mass is 10.4. The van der Waals surface area contributed by atoms with Gasteiger partial charge in [-0.2, -0.15) is 0 Å². The maximum Gasteiger partial charge on any atom is 0.330 e. The molecule has 102 valence electrons. The van der Waals surface area contributed by atoms with Crippen LogP contribution in [-0.2, 0) is 13.1 Å². The molecule has 2 rings (SSSR count). The molecule has 0 unspecified atom stereocenters. The number of hydrogen-bond donors (Lipinski definition) is 4. The number of hydrogen-bond acceptors (Lipinski definition) is 5. The van der Waals surface area contributed by atoms with E-state index in [9.17, 15) is 9.59 Å². The van der Waals surface area contributed by atoms with Crippen LogP contribution in [0.15, 0.2) is 22.1 Å². The molecular formula is C11H16N6O2. The van der Waals surface area contributed by atoms with Gasteiger partial charge in [0.05, 0.1) is 18.6 Å². The Bertz CT molecular complexity index is 655. The molecule has 2 aromatic rings. The number of imidazole rings is 1. The summed E-state index contributed by atoms with van der Waals surface area (Å²) in [6, 6.07) is 0. The number of nitrogens with two attached hydrogens (primary N) is 1. The molecule has 8 nitrogen and oxygen atoms in total. The Labute approximate surface area is 108 Å². The van der Waals surface area contributed by atoms with E-state index in [4.69, 9.17) is 5.73 Å². The van der Waals surface area contributed by atoms with Crippen LogP contribution in [-0.4, -0.2) is 19.5 Å². The lowest BCUT2D eigenvalue weighted by Gasteiger charge is -2.12. The molecule has 0 radical (unpaired) electrons. The average Bonchev–Trinajstić information content (AvgIpc) is 2.87. The van der Waals surface area contributed by atoms with Gasteiger partial charge < -0.3 is 16.0 Å². The van der Waals surface area contributed by atoms with Gasteiger partial charge >= 0.3 is 5.69 Å². The molecule has 0 bridgehead atoms. The molecule has 19 heavy (non-hydrogen) atoms. The Morgan fingerprint density at radius 2 is 2.26 bits per heavy atom. The smallest absolute Gasteiger partial charge is 0.330 e. The minimum absolute atomic E-state index is 0.148. The van der Waals surface area contributed by atoms with E-state index in [-0.39, 0.29) is 11.5 Å². The molecule has 2 aromatic heterocycles. The summed E-state index contributed by atoms with van der Waals surface area (Å²) in [6.45, 7) is 2.76. The standard InChI is InChI=1S/C11H16N6O2/c1-2-3-17-9(12)8(10(18)16-11(17)19)14-5-7-4-13-6-15-7/h4,6,14H,2-3,5,12H2,1H3,(H,13,15)(H,16,18,19). The largest absolute Gasteiger partial charge is 0.383 e. The number of H-pyrrole nitrogens is 2. The molecular weight excluding hydrogens is 248 g/mol. The molecule has 0 aliphatic heterocycles. The lowest BCUT2D eigenvalue weighted by Crippen LogP contribution is -2.34. The Hall–Kier alpha value is -2.51. The van der Waals surface area contributed by atoms with E-state index in [0.717, 1.165) is 12.1 Å². The van der Waals surface area contributed by atoms with Crippen molar-refractivity contribution in [1.29, 1.82) is 0 Å². The van der Waals surface area contributed by atoms with Gasteiger partial charge in [-0.05, 0) is 6.42 Å². The SMILES string of the molecule is CCCn1c(N)c(NCc2cnc[nH]2)c(=O)[nH]c1=O. The monoisotopic (exact) mass is 264 g/mol. The number of rotatable bonds is 5. The summed E-state index contributed by atoms with van der Waals surface area (Å²) in [5.41, 5.74) is 5.87. The van der Waals surface area contributed by atoms with Gasteiger partial charge in [0.15, 0.2) is 0 Å². The zero-order chi connectivity index (χ0) is 13.8. The van der Waals surface area contributed by atoms with Crippen LogP contribution in [0, 0.1) is 0 Å². The fourth-order valence-electron chi connectivity index (χ4n) is 1.77. The maximum atomic E-state index is 11.7. The van der Waals surface area contributed by atoms with Gasteiger partial charge in [-0.25, -0.2) is 9.78 Å². The van der Waals surface area contributed by atoms with Crippen LogP contribution in [0.2, 0.25) is 0 Å². The fraction of sp³-hybridized carbons (Fsp3) is 0.364. The van der Waals surface area contributed by atoms with Crippen molar-refractivity contribution in [3.63, 3.8) is 0 Å². The molecule has 0 amide bonds. The van der Waals surface area contributed by atoms with Crippen LogP contribution < -0.4 is 22.3 Å². The number of anilines is 2. The highest BCUT2D eigenvalue weighted by molar-refractivity contribution is 5.60. The molecule has 0 aliphatic carbocycles. The van der Waals surface area contributed by atoms with E-state index in [1.807, 2.05) is 6.92 Å². The van der Waals surface area contributed by atoms with Crippen molar-refractivity contribution in [3.05, 3.63) is 39.1 Å². The second kappa shape index (κ2) is 5.42. The summed E-state index contributed by atoms with van der Waals surface area (Å²) >= 11 is 0. The highest BCUT2D eigenvalue weighted by Gasteiger charge is 2.11. The zero-order valence-corrected chi connectivity index (χ0v) is 10.6. The van der Waals surface area contributed by atoms with Crippen molar-refractivity contribution in [3.8, 4) is 0 Å². The van der Waals surface area contributed by atoms with Gasteiger partial charge in [0.25, 0.3) is 5.56 Å². The van der Waals surface area contributed by atoms with Crippen molar-refractivity contribution in [2.75, 3.05) is 11.1 Å². The molecule has 0 aromatic carbocycles. The summed E-state index contributed by atoms with van der Waals surface area (Å²) in [4.78, 5) is 32.4. The summed E-state index contributed by atoms with van der Waals surface area (Å²) in [5, 5.41) is 2.91. The fourth-order valence-corrected chi connectivity index (χ4v) is 1.77. The Kier molecular flexibility index (Phi) is 3.69. The van der Waals surface area contributed by atoms with Gasteiger partial charge in [0, 0.05) is 12.7 Å². The summed E-state index contributed by atoms with van der Waals surface area (Å²) in [5.74, 6) is 0.148. The number of nitrogen functional groups attached to an aromatic ring is 1. The lowest BCUT2D eigenvalue weighted by molar-refractivity contribution is 0.642. The van der Waals surface area contributed by atoms with Gasteiger partial charge in [-0.1, -0.05) is 6.92 Å². The number of aromatic nitrogens is 4. The van der Waals surface area contributed by atoms with E-state index in [1.165, 1.54) is 4.57 Å². The van der Waals surface area contributed by atoms with Gasteiger partial charge in [0.2, 0.25) is 0 Å². The first-order valence-corrected chi connectivity index (χ1v) is 5.97. The molecule has 8 heteroatoms. The van der Waals surface area contributed by atoms with E-state index in [2.05, 4.69) is 20.3 Å². The first kappa shape index (κ1) is 12.9. The Morgan fingerprint density at radius 1 is 1.47 bits per heavy atom. The Balaban J connectivity index is 2.31. The zero-order valence-electron chi connectivity index (χ0n) is 10.6. The molecule has 2 heterocycles. The molecule has 5 N–H and O–H groups in total. The van der Waals surface area contributed by atoms with E-state index < -0.39 is 11.2 Å². The third-order valence-corrected chi connectivity index (χ3v) is 2.70. The van der Waals surface area contributed by atoms with Crippen molar-refractivity contribution in [2.24, 2.45) is 0 Å². The molecule has 0 atom stereocenters. The van der Waals surface area contributed by atoms with E-state index in [0.29, 0.717) is 13.1 Å². The van der Waals surface area contributed by atoms with Gasteiger partial charge in [0.1, 0.15) is 11.5 Å². The molecule has 0 fully saturated rings. The van der Waals surface area contributed by atoms with Crippen LogP contribution in [0.4, 0.5) is 11.5 Å². The van der Waals surface area contributed by atoms with Crippen LogP contribution in [0.1, 0.15) is 19.0 Å². The number of aromatic amines is 2. The van der Waals surface area contributed by atoms with E-state index in [1.54, 1.807) is 12.5 Å². The number of nitrogens with one attached hydrogen (secondary N) is 3. The van der Waals surface area contributed by atoms with E-state index >= 15 is 0 Å². The molecule has 0 spiro atoms. The predicted octanol–water partition coefficient (Wildman–Crippen LogP) is -0.136. The first-order chi connectivity index (χ1) is 9.13. The predicted molar refractivity (Wildman–Crippen MR) is 71.9 cm³/mol. The van der Waals surface area contributed by atoms with Crippen LogP contribution in [0.5, 0.6) is 0 Å². The van der Waals surface area contributed by atoms with Crippen LogP contribution in [0.3, 0.4) is 0 Å². The quantitative estimate of drug-likeness (QED) is 0.599. The third-order valence-electron chi connectivity index (χ3n) is 2.70. The average molecular weight is 264 g/mol. The van der Waals surface area contributed by atoms with Crippen molar-refractivity contribution in [2.45, 2.75) is 26.4 Å². The summed E-state index contributed by atoms with van der Waals surface area (Å²) in [6.07, 6.45) is 3.93. The van der Waals surface area contributed by atoms with Gasteiger partial charge in [-0.3, -0.25) is 14.3 Å². The van der Waals surface area contributed by atoms with Crippen molar-refractivity contribution in [1.82, 2.24) is 19.5 Å². The minimum atomic E-state index is -0.519. The second-order valence-corrected chi connectivity index (χ2v) is 4.10. The molecule has 0 saturated heterocycles. The van der Waals surface area contributed by atoms with Crippen molar-refractivity contribution >= 4 is 11.5 Å². The second-order valence-electron chi connectivity index (χ2n) is 4.10. The minimum Gasteiger partial charge on any atom is -0.383 e. The highest BCUT2D eigenvalue weighted by atomic mass is 16.2. The van der Waals surface area contributed by atoms with Crippen LogP contribution in [0.25, 0.3) is 0 Å².